The maximum Gasteiger partial charge on any atom is 0.255 e. The Morgan fingerprint density at radius 1 is 1.03 bits per heavy atom. The second-order valence-electron chi connectivity index (χ2n) is 7.82. The summed E-state index contributed by atoms with van der Waals surface area (Å²) in [5.41, 5.74) is 3.08. The lowest BCUT2D eigenvalue weighted by Gasteiger charge is -2.32. The number of amides is 1. The highest BCUT2D eigenvalue weighted by atomic mass is 16.5. The number of hydrogen-bond donors (Lipinski definition) is 0. The molecule has 0 spiro atoms. The summed E-state index contributed by atoms with van der Waals surface area (Å²) in [5, 5.41) is 0. The topological polar surface area (TPSA) is 64.5 Å². The van der Waals surface area contributed by atoms with Gasteiger partial charge in [0.05, 0.1) is 18.9 Å². The molecule has 31 heavy (non-hydrogen) atoms. The summed E-state index contributed by atoms with van der Waals surface area (Å²) < 4.78 is 10.8. The number of methoxy groups -OCH3 is 1. The molecule has 0 radical (unpaired) electrons. The Kier molecular flexibility index (Phi) is 6.77. The zero-order valence-electron chi connectivity index (χ0n) is 17.7. The van der Waals surface area contributed by atoms with Gasteiger partial charge in [-0.15, -0.1) is 0 Å². The first-order chi connectivity index (χ1) is 15.2. The summed E-state index contributed by atoms with van der Waals surface area (Å²) in [7, 11) is 1.57. The van der Waals surface area contributed by atoms with E-state index in [0.29, 0.717) is 24.0 Å². The maximum absolute atomic E-state index is 12.7. The second kappa shape index (κ2) is 10.1. The van der Waals surface area contributed by atoms with Crippen molar-refractivity contribution in [1.29, 1.82) is 0 Å². The fourth-order valence-electron chi connectivity index (χ4n) is 3.85. The zero-order valence-corrected chi connectivity index (χ0v) is 17.7. The molecule has 1 fully saturated rings. The summed E-state index contributed by atoms with van der Waals surface area (Å²) in [5.74, 6) is 1.94. The maximum atomic E-state index is 12.7. The van der Waals surface area contributed by atoms with Gasteiger partial charge in [-0.25, -0.2) is 4.98 Å². The molecule has 3 heterocycles. The predicted octanol–water partition coefficient (Wildman–Crippen LogP) is 4.16. The van der Waals surface area contributed by atoms with Crippen molar-refractivity contribution in [2.75, 3.05) is 20.2 Å². The molecule has 1 aliphatic heterocycles. The van der Waals surface area contributed by atoms with E-state index in [0.717, 1.165) is 43.7 Å². The van der Waals surface area contributed by atoms with Gasteiger partial charge in [0.2, 0.25) is 5.88 Å². The van der Waals surface area contributed by atoms with Crippen molar-refractivity contribution in [1.82, 2.24) is 14.9 Å². The molecule has 160 valence electrons. The van der Waals surface area contributed by atoms with E-state index >= 15 is 0 Å². The second-order valence-corrected chi connectivity index (χ2v) is 7.82. The van der Waals surface area contributed by atoms with Crippen LogP contribution in [0.1, 0.15) is 34.3 Å². The van der Waals surface area contributed by atoms with Gasteiger partial charge in [-0.1, -0.05) is 24.3 Å². The molecule has 1 aliphatic rings. The molecule has 0 bridgehead atoms. The van der Waals surface area contributed by atoms with Crippen molar-refractivity contribution in [3.8, 4) is 11.6 Å². The molecular formula is C25H27N3O3. The SMILES string of the molecule is COc1ccc(C(=O)N2CCC(Cc3ccc(COc4cccnc4)cc3)CC2)cn1. The number of nitrogens with zero attached hydrogens (tertiary/aromatic N) is 3. The Labute approximate surface area is 182 Å². The molecule has 0 aliphatic carbocycles. The number of aromatic nitrogens is 2. The van der Waals surface area contributed by atoms with E-state index < -0.39 is 0 Å². The average Bonchev–Trinajstić information content (AvgIpc) is 2.84. The predicted molar refractivity (Wildman–Crippen MR) is 118 cm³/mol. The Morgan fingerprint density at radius 2 is 1.81 bits per heavy atom. The van der Waals surface area contributed by atoms with Crippen molar-refractivity contribution >= 4 is 5.91 Å². The van der Waals surface area contributed by atoms with Crippen LogP contribution in [0.4, 0.5) is 0 Å². The smallest absolute Gasteiger partial charge is 0.255 e. The molecule has 4 rings (SSSR count). The van der Waals surface area contributed by atoms with Gasteiger partial charge in [0.1, 0.15) is 12.4 Å². The van der Waals surface area contributed by atoms with E-state index in [1.165, 1.54) is 5.56 Å². The number of carbonyl (C=O) groups excluding carboxylic acids is 1. The lowest BCUT2D eigenvalue weighted by Crippen LogP contribution is -2.38. The van der Waals surface area contributed by atoms with Gasteiger partial charge in [-0.3, -0.25) is 9.78 Å². The minimum absolute atomic E-state index is 0.0478. The minimum atomic E-state index is 0.0478. The summed E-state index contributed by atoms with van der Waals surface area (Å²) in [6.45, 7) is 2.10. The number of ether oxygens (including phenoxy) is 2. The van der Waals surface area contributed by atoms with E-state index in [1.54, 1.807) is 37.8 Å². The molecule has 0 unspecified atom stereocenters. The van der Waals surface area contributed by atoms with Gasteiger partial charge in [0, 0.05) is 31.5 Å². The van der Waals surface area contributed by atoms with Crippen LogP contribution in [0.5, 0.6) is 11.6 Å². The molecule has 1 saturated heterocycles. The zero-order chi connectivity index (χ0) is 21.5. The van der Waals surface area contributed by atoms with E-state index in [1.807, 2.05) is 17.0 Å². The van der Waals surface area contributed by atoms with Gasteiger partial charge in [0.25, 0.3) is 5.91 Å². The van der Waals surface area contributed by atoms with Gasteiger partial charge in [-0.2, -0.15) is 0 Å². The number of carbonyl (C=O) groups is 1. The van der Waals surface area contributed by atoms with Crippen LogP contribution >= 0.6 is 0 Å². The highest BCUT2D eigenvalue weighted by molar-refractivity contribution is 5.94. The normalized spacial score (nSPS) is 14.3. The first kappa shape index (κ1) is 20.8. The third-order valence-electron chi connectivity index (χ3n) is 5.68. The molecule has 6 nitrogen and oxygen atoms in total. The first-order valence-electron chi connectivity index (χ1n) is 10.6. The van der Waals surface area contributed by atoms with Gasteiger partial charge in [-0.05, 0) is 54.5 Å². The van der Waals surface area contributed by atoms with Crippen molar-refractivity contribution in [3.05, 3.63) is 83.8 Å². The number of hydrogen-bond acceptors (Lipinski definition) is 5. The van der Waals surface area contributed by atoms with Crippen molar-refractivity contribution in [2.45, 2.75) is 25.9 Å². The van der Waals surface area contributed by atoms with Crippen LogP contribution in [0.3, 0.4) is 0 Å². The largest absolute Gasteiger partial charge is 0.487 e. The first-order valence-corrected chi connectivity index (χ1v) is 10.6. The molecule has 6 heteroatoms. The number of rotatable bonds is 7. The standard InChI is InChI=1S/C25H27N3O3/c1-30-24-9-8-22(16-27-24)25(29)28-13-10-20(11-14-28)15-19-4-6-21(7-5-19)18-31-23-3-2-12-26-17-23/h2-9,12,16-17,20H,10-11,13-15,18H2,1H3. The van der Waals surface area contributed by atoms with E-state index in [-0.39, 0.29) is 5.91 Å². The highest BCUT2D eigenvalue weighted by Gasteiger charge is 2.24. The Bertz CT molecular complexity index is 967. The number of piperidine rings is 1. The fourth-order valence-corrected chi connectivity index (χ4v) is 3.85. The van der Waals surface area contributed by atoms with Crippen molar-refractivity contribution in [2.24, 2.45) is 5.92 Å². The molecule has 0 saturated carbocycles. The number of benzene rings is 1. The van der Waals surface area contributed by atoms with Gasteiger partial charge in [0.15, 0.2) is 0 Å². The van der Waals surface area contributed by atoms with Crippen molar-refractivity contribution in [3.63, 3.8) is 0 Å². The molecule has 0 N–H and O–H groups in total. The summed E-state index contributed by atoms with van der Waals surface area (Å²) in [6.07, 6.45) is 8.11. The third kappa shape index (κ3) is 5.60. The number of likely N-dealkylation sites (tertiary alicyclic amines) is 1. The van der Waals surface area contributed by atoms with Crippen LogP contribution in [0, 0.1) is 5.92 Å². The van der Waals surface area contributed by atoms with Crippen LogP contribution < -0.4 is 9.47 Å². The van der Waals surface area contributed by atoms with Crippen LogP contribution in [0.2, 0.25) is 0 Å². The minimum Gasteiger partial charge on any atom is -0.487 e. The van der Waals surface area contributed by atoms with Crippen LogP contribution in [0.15, 0.2) is 67.1 Å². The summed E-state index contributed by atoms with van der Waals surface area (Å²) >= 11 is 0. The summed E-state index contributed by atoms with van der Waals surface area (Å²) in [4.78, 5) is 22.8. The average molecular weight is 418 g/mol. The molecular weight excluding hydrogens is 390 g/mol. The van der Waals surface area contributed by atoms with Gasteiger partial charge >= 0.3 is 0 Å². The lowest BCUT2D eigenvalue weighted by molar-refractivity contribution is 0.0690. The Hall–Kier alpha value is -3.41. The fraction of sp³-hybridized carbons (Fsp3) is 0.320. The van der Waals surface area contributed by atoms with Crippen LogP contribution in [-0.2, 0) is 13.0 Å². The van der Waals surface area contributed by atoms with E-state index in [2.05, 4.69) is 34.2 Å². The quantitative estimate of drug-likeness (QED) is 0.578. The third-order valence-corrected chi connectivity index (χ3v) is 5.68. The highest BCUT2D eigenvalue weighted by Crippen LogP contribution is 2.23. The van der Waals surface area contributed by atoms with E-state index in [9.17, 15) is 4.79 Å². The lowest BCUT2D eigenvalue weighted by atomic mass is 9.89. The van der Waals surface area contributed by atoms with Crippen molar-refractivity contribution < 1.29 is 14.3 Å². The number of pyridine rings is 2. The van der Waals surface area contributed by atoms with Crippen LogP contribution in [-0.4, -0.2) is 41.0 Å². The Morgan fingerprint density at radius 3 is 2.45 bits per heavy atom. The monoisotopic (exact) mass is 417 g/mol. The molecule has 3 aromatic rings. The molecule has 1 aromatic carbocycles. The Balaban J connectivity index is 1.24. The van der Waals surface area contributed by atoms with E-state index in [4.69, 9.17) is 9.47 Å². The molecule has 0 atom stereocenters. The summed E-state index contributed by atoms with van der Waals surface area (Å²) in [6, 6.07) is 15.9. The van der Waals surface area contributed by atoms with Crippen LogP contribution in [0.25, 0.3) is 0 Å². The molecule has 1 amide bonds. The molecule has 2 aromatic heterocycles. The van der Waals surface area contributed by atoms with Gasteiger partial charge < -0.3 is 14.4 Å².